The van der Waals surface area contributed by atoms with Crippen LogP contribution < -0.4 is 10.3 Å². The molecule has 0 amide bonds. The summed E-state index contributed by atoms with van der Waals surface area (Å²) in [5.41, 5.74) is 0.0892. The van der Waals surface area contributed by atoms with Crippen molar-refractivity contribution in [3.05, 3.63) is 36.5 Å². The lowest BCUT2D eigenvalue weighted by Crippen LogP contribution is -2.41. The number of aromatic nitrogens is 2. The maximum absolute atomic E-state index is 14.2. The van der Waals surface area contributed by atoms with E-state index in [1.54, 1.807) is 37.6 Å². The fourth-order valence-corrected chi connectivity index (χ4v) is 2.38. The Bertz CT molecular complexity index is 697. The zero-order chi connectivity index (χ0) is 16.8. The quantitative estimate of drug-likeness (QED) is 0.815. The highest BCUT2D eigenvalue weighted by molar-refractivity contribution is 6.61. The van der Waals surface area contributed by atoms with Gasteiger partial charge in [-0.05, 0) is 52.0 Å². The molecule has 1 fully saturated rings. The summed E-state index contributed by atoms with van der Waals surface area (Å²) in [5, 5.41) is 0. The maximum Gasteiger partial charge on any atom is 0.516 e. The molecule has 0 aliphatic carbocycles. The molecule has 7 heteroatoms. The van der Waals surface area contributed by atoms with Crippen molar-refractivity contribution in [1.29, 1.82) is 0 Å². The highest BCUT2D eigenvalue weighted by Crippen LogP contribution is 2.36. The van der Waals surface area contributed by atoms with Crippen LogP contribution in [0, 0.1) is 6.08 Å². The molecule has 1 aliphatic rings. The standard InChI is InChI=1S/C16H20BFN2O3/c1-15(2)16(3,4)23-17(22-15)13-10-20(14(18)19-13)11-6-8-12(21-5)9-7-11/h6-10H,1-5H3. The van der Waals surface area contributed by atoms with Crippen LogP contribution in [0.25, 0.3) is 5.69 Å². The highest BCUT2D eigenvalue weighted by Gasteiger charge is 2.52. The van der Waals surface area contributed by atoms with Crippen LogP contribution in [0.2, 0.25) is 0 Å². The molecule has 1 aromatic carbocycles. The molecule has 0 radical (unpaired) electrons. The zero-order valence-corrected chi connectivity index (χ0v) is 14.0. The number of imidazole rings is 1. The molecule has 0 atom stereocenters. The van der Waals surface area contributed by atoms with Crippen LogP contribution in [0.1, 0.15) is 27.7 Å². The van der Waals surface area contributed by atoms with E-state index in [2.05, 4.69) is 4.98 Å². The van der Waals surface area contributed by atoms with Gasteiger partial charge in [0.15, 0.2) is 0 Å². The second-order valence-corrected chi connectivity index (χ2v) is 6.59. The first-order chi connectivity index (χ1) is 10.7. The Kier molecular flexibility index (Phi) is 3.73. The first-order valence-electron chi connectivity index (χ1n) is 7.48. The Labute approximate surface area is 135 Å². The molecule has 2 aromatic rings. The SMILES string of the molecule is COc1ccc(-n2cc(B3OC(C)(C)C(C)(C)O3)nc2F)cc1. The topological polar surface area (TPSA) is 45.5 Å². The van der Waals surface area contributed by atoms with Gasteiger partial charge in [-0.3, -0.25) is 4.57 Å². The van der Waals surface area contributed by atoms with Crippen LogP contribution in [0.5, 0.6) is 5.75 Å². The van der Waals surface area contributed by atoms with E-state index in [0.717, 1.165) is 0 Å². The molecule has 0 N–H and O–H groups in total. The maximum atomic E-state index is 14.2. The van der Waals surface area contributed by atoms with Gasteiger partial charge in [0.2, 0.25) is 0 Å². The monoisotopic (exact) mass is 318 g/mol. The first kappa shape index (κ1) is 16.0. The van der Waals surface area contributed by atoms with Crippen LogP contribution >= 0.6 is 0 Å². The van der Waals surface area contributed by atoms with Crippen LogP contribution in [0.15, 0.2) is 30.5 Å². The van der Waals surface area contributed by atoms with Crippen molar-refractivity contribution in [3.63, 3.8) is 0 Å². The van der Waals surface area contributed by atoms with E-state index in [1.807, 2.05) is 27.7 Å². The normalized spacial score (nSPS) is 19.1. The Morgan fingerprint density at radius 2 is 1.65 bits per heavy atom. The number of ether oxygens (including phenoxy) is 1. The molecule has 1 saturated heterocycles. The minimum atomic E-state index is -0.686. The summed E-state index contributed by atoms with van der Waals surface area (Å²) in [6, 6.07) is 7.06. The predicted molar refractivity (Wildman–Crippen MR) is 85.8 cm³/mol. The van der Waals surface area contributed by atoms with Crippen molar-refractivity contribution in [2.75, 3.05) is 7.11 Å². The van der Waals surface area contributed by atoms with Gasteiger partial charge in [-0.1, -0.05) is 0 Å². The molecular formula is C16H20BFN2O3. The molecule has 3 rings (SSSR count). The van der Waals surface area contributed by atoms with Gasteiger partial charge < -0.3 is 14.0 Å². The molecule has 0 saturated carbocycles. The van der Waals surface area contributed by atoms with Gasteiger partial charge in [0.25, 0.3) is 6.08 Å². The number of nitrogens with zero attached hydrogens (tertiary/aromatic N) is 2. The van der Waals surface area contributed by atoms with Gasteiger partial charge in [0, 0.05) is 11.9 Å². The fraction of sp³-hybridized carbons (Fsp3) is 0.438. The van der Waals surface area contributed by atoms with E-state index in [1.165, 1.54) is 4.57 Å². The Morgan fingerprint density at radius 3 is 2.17 bits per heavy atom. The van der Waals surface area contributed by atoms with Crippen molar-refractivity contribution in [3.8, 4) is 11.4 Å². The number of hydrogen-bond donors (Lipinski definition) is 0. The Morgan fingerprint density at radius 1 is 1.09 bits per heavy atom. The summed E-state index contributed by atoms with van der Waals surface area (Å²) in [7, 11) is 0.900. The summed E-state index contributed by atoms with van der Waals surface area (Å²) in [5.74, 6) is 0.709. The molecule has 23 heavy (non-hydrogen) atoms. The fourth-order valence-electron chi connectivity index (χ4n) is 2.38. The third-order valence-corrected chi connectivity index (χ3v) is 4.53. The van der Waals surface area contributed by atoms with Gasteiger partial charge in [0.1, 0.15) is 5.75 Å². The van der Waals surface area contributed by atoms with Crippen LogP contribution in [0.3, 0.4) is 0 Å². The third kappa shape index (κ3) is 2.75. The van der Waals surface area contributed by atoms with E-state index >= 15 is 0 Å². The molecule has 0 bridgehead atoms. The average Bonchev–Trinajstić information content (AvgIpc) is 2.97. The van der Waals surface area contributed by atoms with E-state index < -0.39 is 24.4 Å². The second kappa shape index (κ2) is 5.35. The molecule has 0 unspecified atom stereocenters. The van der Waals surface area contributed by atoms with Crippen molar-refractivity contribution < 1.29 is 18.4 Å². The van der Waals surface area contributed by atoms with Gasteiger partial charge in [-0.25, -0.2) is 4.98 Å². The second-order valence-electron chi connectivity index (χ2n) is 6.59. The number of benzene rings is 1. The summed E-state index contributed by atoms with van der Waals surface area (Å²) in [6.07, 6.45) is 0.985. The Hall–Kier alpha value is -1.86. The first-order valence-corrected chi connectivity index (χ1v) is 7.48. The van der Waals surface area contributed by atoms with Crippen LogP contribution in [0.4, 0.5) is 4.39 Å². The number of halogens is 1. The summed E-state index contributed by atoms with van der Waals surface area (Å²) >= 11 is 0. The van der Waals surface area contributed by atoms with Gasteiger partial charge in [0.05, 0.1) is 23.9 Å². The number of rotatable bonds is 3. The van der Waals surface area contributed by atoms with Crippen molar-refractivity contribution in [2.45, 2.75) is 38.9 Å². The zero-order valence-electron chi connectivity index (χ0n) is 14.0. The summed E-state index contributed by atoms with van der Waals surface area (Å²) < 4.78 is 32.5. The largest absolute Gasteiger partial charge is 0.516 e. The molecule has 2 heterocycles. The molecule has 1 aliphatic heterocycles. The number of hydrogen-bond acceptors (Lipinski definition) is 4. The molecule has 0 spiro atoms. The van der Waals surface area contributed by atoms with E-state index in [4.69, 9.17) is 14.0 Å². The predicted octanol–water partition coefficient (Wildman–Crippen LogP) is 2.32. The highest BCUT2D eigenvalue weighted by atomic mass is 19.1. The molecule has 1 aromatic heterocycles. The lowest BCUT2D eigenvalue weighted by molar-refractivity contribution is 0.00578. The number of methoxy groups -OCH3 is 1. The van der Waals surface area contributed by atoms with E-state index in [0.29, 0.717) is 17.0 Å². The van der Waals surface area contributed by atoms with Crippen molar-refractivity contribution >= 4 is 12.7 Å². The average molecular weight is 318 g/mol. The smallest absolute Gasteiger partial charge is 0.497 e. The molecular weight excluding hydrogens is 298 g/mol. The van der Waals surface area contributed by atoms with Gasteiger partial charge in [-0.15, -0.1) is 0 Å². The summed E-state index contributed by atoms with van der Waals surface area (Å²) in [4.78, 5) is 3.96. The van der Waals surface area contributed by atoms with Crippen LogP contribution in [-0.2, 0) is 9.31 Å². The van der Waals surface area contributed by atoms with Crippen molar-refractivity contribution in [1.82, 2.24) is 9.55 Å². The van der Waals surface area contributed by atoms with E-state index in [-0.39, 0.29) is 0 Å². The van der Waals surface area contributed by atoms with Crippen LogP contribution in [-0.4, -0.2) is 35.0 Å². The third-order valence-electron chi connectivity index (χ3n) is 4.53. The van der Waals surface area contributed by atoms with Gasteiger partial charge >= 0.3 is 7.12 Å². The molecule has 5 nitrogen and oxygen atoms in total. The lowest BCUT2D eigenvalue weighted by Gasteiger charge is -2.32. The molecule has 122 valence electrons. The lowest BCUT2D eigenvalue weighted by atomic mass is 9.86. The van der Waals surface area contributed by atoms with E-state index in [9.17, 15) is 4.39 Å². The van der Waals surface area contributed by atoms with Crippen molar-refractivity contribution in [2.24, 2.45) is 0 Å². The minimum Gasteiger partial charge on any atom is -0.497 e. The summed E-state index contributed by atoms with van der Waals surface area (Å²) in [6.45, 7) is 7.79. The minimum absolute atomic E-state index is 0.414. The van der Waals surface area contributed by atoms with Gasteiger partial charge in [-0.2, -0.15) is 4.39 Å². The Balaban J connectivity index is 1.90.